The van der Waals surface area contributed by atoms with Crippen LogP contribution >= 0.6 is 0 Å². The summed E-state index contributed by atoms with van der Waals surface area (Å²) in [6.07, 6.45) is 2.10. The quantitative estimate of drug-likeness (QED) is 0.811. The monoisotopic (exact) mass is 268 g/mol. The van der Waals surface area contributed by atoms with Crippen molar-refractivity contribution in [1.82, 2.24) is 0 Å². The van der Waals surface area contributed by atoms with Crippen LogP contribution in [0.3, 0.4) is 0 Å². The Labute approximate surface area is 120 Å². The van der Waals surface area contributed by atoms with E-state index in [4.69, 9.17) is 0 Å². The second kappa shape index (κ2) is 5.41. The minimum Gasteiger partial charge on any atom is -0.508 e. The van der Waals surface area contributed by atoms with E-state index >= 15 is 0 Å². The summed E-state index contributed by atoms with van der Waals surface area (Å²) in [5.41, 5.74) is 3.15. The van der Waals surface area contributed by atoms with Gasteiger partial charge in [0.25, 0.3) is 0 Å². The summed E-state index contributed by atoms with van der Waals surface area (Å²) in [7, 11) is 0. The number of phenolic OH excluding ortho intramolecular Hbond substituents is 2. The van der Waals surface area contributed by atoms with Crippen molar-refractivity contribution in [3.63, 3.8) is 0 Å². The third-order valence-electron chi connectivity index (χ3n) is 4.11. The topological polar surface area (TPSA) is 40.5 Å². The highest BCUT2D eigenvalue weighted by Gasteiger charge is 2.30. The lowest BCUT2D eigenvalue weighted by atomic mass is 9.71. The molecule has 2 nitrogen and oxygen atoms in total. The van der Waals surface area contributed by atoms with Crippen LogP contribution in [0.25, 0.3) is 0 Å². The molecular formula is C18H20O2. The van der Waals surface area contributed by atoms with Crippen LogP contribution in [-0.2, 0) is 5.41 Å². The summed E-state index contributed by atoms with van der Waals surface area (Å²) in [5, 5.41) is 19.0. The zero-order valence-corrected chi connectivity index (χ0v) is 12.1. The lowest BCUT2D eigenvalue weighted by Gasteiger charge is -2.32. The average Bonchev–Trinajstić information content (AvgIpc) is 2.47. The maximum absolute atomic E-state index is 9.48. The van der Waals surface area contributed by atoms with E-state index in [1.165, 1.54) is 5.57 Å². The fourth-order valence-electron chi connectivity index (χ4n) is 2.50. The van der Waals surface area contributed by atoms with Gasteiger partial charge >= 0.3 is 0 Å². The van der Waals surface area contributed by atoms with Gasteiger partial charge in [-0.05, 0) is 56.2 Å². The van der Waals surface area contributed by atoms with Gasteiger partial charge in [0.1, 0.15) is 11.5 Å². The number of benzene rings is 2. The van der Waals surface area contributed by atoms with Crippen LogP contribution in [0.1, 0.15) is 31.9 Å². The predicted octanol–water partition coefficient (Wildman–Crippen LogP) is 4.37. The van der Waals surface area contributed by atoms with Gasteiger partial charge in [-0.15, -0.1) is 0 Å². The lowest BCUT2D eigenvalue weighted by Crippen LogP contribution is -2.25. The van der Waals surface area contributed by atoms with E-state index in [-0.39, 0.29) is 16.9 Å². The Kier molecular flexibility index (Phi) is 3.84. The van der Waals surface area contributed by atoms with Crippen molar-refractivity contribution in [2.75, 3.05) is 0 Å². The Morgan fingerprint density at radius 2 is 1.20 bits per heavy atom. The van der Waals surface area contributed by atoms with E-state index in [0.29, 0.717) is 0 Å². The van der Waals surface area contributed by atoms with Crippen molar-refractivity contribution in [1.29, 1.82) is 0 Å². The molecule has 0 heterocycles. The van der Waals surface area contributed by atoms with Crippen LogP contribution in [0.15, 0.2) is 60.2 Å². The summed E-state index contributed by atoms with van der Waals surface area (Å²) in [4.78, 5) is 0. The molecule has 0 aromatic heterocycles. The zero-order chi connectivity index (χ0) is 14.8. The summed E-state index contributed by atoms with van der Waals surface area (Å²) >= 11 is 0. The Bertz CT molecular complexity index is 561. The normalized spacial score (nSPS) is 12.4. The highest BCUT2D eigenvalue weighted by molar-refractivity contribution is 5.49. The predicted molar refractivity (Wildman–Crippen MR) is 82.1 cm³/mol. The smallest absolute Gasteiger partial charge is 0.115 e. The Hall–Kier alpha value is -2.22. The van der Waals surface area contributed by atoms with Crippen LogP contribution in [-0.4, -0.2) is 10.2 Å². The highest BCUT2D eigenvalue weighted by atomic mass is 16.3. The lowest BCUT2D eigenvalue weighted by molar-refractivity contribution is 0.474. The molecule has 2 aromatic rings. The van der Waals surface area contributed by atoms with Gasteiger partial charge in [0.2, 0.25) is 0 Å². The summed E-state index contributed by atoms with van der Waals surface area (Å²) in [6.45, 7) is 6.27. The molecule has 2 aromatic carbocycles. The molecule has 0 saturated heterocycles. The molecule has 2 rings (SSSR count). The zero-order valence-electron chi connectivity index (χ0n) is 12.1. The fraction of sp³-hybridized carbons (Fsp3) is 0.222. The van der Waals surface area contributed by atoms with Gasteiger partial charge < -0.3 is 10.2 Å². The largest absolute Gasteiger partial charge is 0.508 e. The minimum absolute atomic E-state index is 0.264. The minimum atomic E-state index is -0.282. The number of hydrogen-bond acceptors (Lipinski definition) is 2. The summed E-state index contributed by atoms with van der Waals surface area (Å²) < 4.78 is 0. The molecule has 0 aliphatic rings. The fourth-order valence-corrected chi connectivity index (χ4v) is 2.50. The first-order valence-electron chi connectivity index (χ1n) is 6.71. The van der Waals surface area contributed by atoms with Crippen molar-refractivity contribution in [3.05, 3.63) is 71.3 Å². The van der Waals surface area contributed by atoms with E-state index in [2.05, 4.69) is 19.9 Å². The molecule has 0 aliphatic carbocycles. The van der Waals surface area contributed by atoms with Crippen molar-refractivity contribution in [3.8, 4) is 11.5 Å². The molecular weight excluding hydrogens is 248 g/mol. The Morgan fingerprint density at radius 3 is 1.50 bits per heavy atom. The van der Waals surface area contributed by atoms with Crippen LogP contribution in [0.4, 0.5) is 0 Å². The number of allylic oxidation sites excluding steroid dienone is 2. The van der Waals surface area contributed by atoms with Crippen LogP contribution < -0.4 is 0 Å². The molecule has 0 saturated carbocycles. The van der Waals surface area contributed by atoms with E-state index in [1.54, 1.807) is 24.3 Å². The second-order valence-corrected chi connectivity index (χ2v) is 5.19. The molecule has 0 atom stereocenters. The third-order valence-corrected chi connectivity index (χ3v) is 4.11. The second-order valence-electron chi connectivity index (χ2n) is 5.19. The molecule has 2 heteroatoms. The molecule has 104 valence electrons. The molecule has 0 radical (unpaired) electrons. The van der Waals surface area contributed by atoms with Crippen molar-refractivity contribution >= 4 is 0 Å². The number of phenols is 2. The SMILES string of the molecule is CC=C(C)C(C)(c1ccc(O)cc1)c1ccc(O)cc1. The molecule has 0 unspecified atom stereocenters. The first-order chi connectivity index (χ1) is 9.48. The third kappa shape index (κ3) is 2.42. The van der Waals surface area contributed by atoms with Crippen LogP contribution in [0.5, 0.6) is 11.5 Å². The molecule has 20 heavy (non-hydrogen) atoms. The summed E-state index contributed by atoms with van der Waals surface area (Å²) in [6, 6.07) is 14.6. The highest BCUT2D eigenvalue weighted by Crippen LogP contribution is 2.39. The van der Waals surface area contributed by atoms with Crippen molar-refractivity contribution < 1.29 is 10.2 Å². The maximum atomic E-state index is 9.48. The molecule has 0 bridgehead atoms. The van der Waals surface area contributed by atoms with E-state index < -0.39 is 0 Å². The molecule has 0 aliphatic heterocycles. The number of aromatic hydroxyl groups is 2. The Morgan fingerprint density at radius 1 is 0.850 bits per heavy atom. The molecule has 0 spiro atoms. The van der Waals surface area contributed by atoms with Gasteiger partial charge in [-0.2, -0.15) is 0 Å². The standard InChI is InChI=1S/C18H20O2/c1-4-13(2)18(3,14-5-9-16(19)10-6-14)15-7-11-17(20)12-8-15/h4-12,19-20H,1-3H3. The molecule has 2 N–H and O–H groups in total. The van der Waals surface area contributed by atoms with Gasteiger partial charge in [0.05, 0.1) is 0 Å². The van der Waals surface area contributed by atoms with Crippen molar-refractivity contribution in [2.24, 2.45) is 0 Å². The van der Waals surface area contributed by atoms with Crippen LogP contribution in [0.2, 0.25) is 0 Å². The van der Waals surface area contributed by atoms with E-state index in [9.17, 15) is 10.2 Å². The van der Waals surface area contributed by atoms with E-state index in [0.717, 1.165) is 11.1 Å². The first-order valence-corrected chi connectivity index (χ1v) is 6.71. The number of hydrogen-bond donors (Lipinski definition) is 2. The summed E-state index contributed by atoms with van der Waals surface area (Å²) in [5.74, 6) is 0.528. The van der Waals surface area contributed by atoms with Crippen molar-refractivity contribution in [2.45, 2.75) is 26.2 Å². The average molecular weight is 268 g/mol. The Balaban J connectivity index is 2.62. The number of rotatable bonds is 3. The maximum Gasteiger partial charge on any atom is 0.115 e. The van der Waals surface area contributed by atoms with E-state index in [1.807, 2.05) is 31.2 Å². The molecule has 0 fully saturated rings. The van der Waals surface area contributed by atoms with Crippen LogP contribution in [0, 0.1) is 0 Å². The van der Waals surface area contributed by atoms with Gasteiger partial charge in [0, 0.05) is 5.41 Å². The molecule has 0 amide bonds. The first kappa shape index (κ1) is 14.2. The van der Waals surface area contributed by atoms with Gasteiger partial charge in [-0.1, -0.05) is 35.9 Å². The van der Waals surface area contributed by atoms with Gasteiger partial charge in [-0.25, -0.2) is 0 Å². The van der Waals surface area contributed by atoms with Gasteiger partial charge in [0.15, 0.2) is 0 Å². The van der Waals surface area contributed by atoms with Gasteiger partial charge in [-0.3, -0.25) is 0 Å².